The van der Waals surface area contributed by atoms with Gasteiger partial charge in [0.05, 0.1) is 12.0 Å². The molecule has 1 fully saturated rings. The summed E-state index contributed by atoms with van der Waals surface area (Å²) >= 11 is 0. The lowest BCUT2D eigenvalue weighted by Crippen LogP contribution is -2.34. The van der Waals surface area contributed by atoms with Crippen molar-refractivity contribution < 1.29 is 14.5 Å². The lowest BCUT2D eigenvalue weighted by atomic mass is 10.0. The number of hydrogen-bond donors (Lipinski definition) is 0. The van der Waals surface area contributed by atoms with Gasteiger partial charge in [0.25, 0.3) is 5.69 Å². The normalized spacial score (nSPS) is 14.4. The molecule has 1 aliphatic rings. The lowest BCUT2D eigenvalue weighted by Gasteiger charge is -2.27. The SMILES string of the molecule is COc1ccc(CN2CCCCC2=O)cc1-c1cccc([N+](=O)[O-])c1. The van der Waals surface area contributed by atoms with Gasteiger partial charge in [-0.2, -0.15) is 0 Å². The number of carbonyl (C=O) groups excluding carboxylic acids is 1. The molecule has 0 aliphatic carbocycles. The van der Waals surface area contributed by atoms with Gasteiger partial charge in [-0.3, -0.25) is 14.9 Å². The monoisotopic (exact) mass is 340 g/mol. The van der Waals surface area contributed by atoms with E-state index in [0.29, 0.717) is 18.7 Å². The zero-order valence-corrected chi connectivity index (χ0v) is 14.1. The molecule has 0 atom stereocenters. The Morgan fingerprint density at radius 3 is 2.76 bits per heavy atom. The predicted molar refractivity (Wildman–Crippen MR) is 94.4 cm³/mol. The summed E-state index contributed by atoms with van der Waals surface area (Å²) in [5.41, 5.74) is 2.53. The maximum atomic E-state index is 12.0. The Balaban J connectivity index is 1.94. The number of hydrogen-bond acceptors (Lipinski definition) is 4. The molecule has 1 saturated heterocycles. The van der Waals surface area contributed by atoms with Crippen LogP contribution in [0.25, 0.3) is 11.1 Å². The second-order valence-corrected chi connectivity index (χ2v) is 6.11. The molecule has 0 bridgehead atoms. The van der Waals surface area contributed by atoms with E-state index >= 15 is 0 Å². The minimum atomic E-state index is -0.410. The van der Waals surface area contributed by atoms with Gasteiger partial charge in [-0.1, -0.05) is 18.2 Å². The Hall–Kier alpha value is -2.89. The molecule has 0 radical (unpaired) electrons. The van der Waals surface area contributed by atoms with Crippen molar-refractivity contribution in [2.75, 3.05) is 13.7 Å². The van der Waals surface area contributed by atoms with E-state index in [9.17, 15) is 14.9 Å². The van der Waals surface area contributed by atoms with Crippen molar-refractivity contribution in [2.45, 2.75) is 25.8 Å². The van der Waals surface area contributed by atoms with Crippen LogP contribution < -0.4 is 4.74 Å². The van der Waals surface area contributed by atoms with Crippen molar-refractivity contribution in [2.24, 2.45) is 0 Å². The average Bonchev–Trinajstić information content (AvgIpc) is 2.63. The number of amides is 1. The summed E-state index contributed by atoms with van der Waals surface area (Å²) in [6.07, 6.45) is 2.59. The molecule has 2 aromatic rings. The highest BCUT2D eigenvalue weighted by molar-refractivity contribution is 5.77. The van der Waals surface area contributed by atoms with Crippen molar-refractivity contribution in [3.05, 3.63) is 58.1 Å². The molecule has 0 N–H and O–H groups in total. The Kier molecular flexibility index (Phi) is 4.97. The van der Waals surface area contributed by atoms with Crippen LogP contribution in [0.15, 0.2) is 42.5 Å². The van der Waals surface area contributed by atoms with E-state index in [-0.39, 0.29) is 11.6 Å². The second kappa shape index (κ2) is 7.34. The smallest absolute Gasteiger partial charge is 0.270 e. The number of nitro benzene ring substituents is 1. The molecule has 6 heteroatoms. The molecule has 0 saturated carbocycles. The Labute approximate surface area is 146 Å². The predicted octanol–water partition coefficient (Wildman–Crippen LogP) is 3.78. The topological polar surface area (TPSA) is 72.7 Å². The van der Waals surface area contributed by atoms with Gasteiger partial charge in [-0.15, -0.1) is 0 Å². The maximum absolute atomic E-state index is 12.0. The van der Waals surface area contributed by atoms with Crippen LogP contribution >= 0.6 is 0 Å². The molecule has 25 heavy (non-hydrogen) atoms. The van der Waals surface area contributed by atoms with E-state index in [0.717, 1.165) is 36.1 Å². The summed E-state index contributed by atoms with van der Waals surface area (Å²) < 4.78 is 5.42. The Bertz CT molecular complexity index is 804. The van der Waals surface area contributed by atoms with Gasteiger partial charge >= 0.3 is 0 Å². The number of likely N-dealkylation sites (tertiary alicyclic amines) is 1. The average molecular weight is 340 g/mol. The van der Waals surface area contributed by atoms with Crippen LogP contribution in [0, 0.1) is 10.1 Å². The third kappa shape index (κ3) is 3.79. The third-order valence-electron chi connectivity index (χ3n) is 4.43. The molecule has 3 rings (SSSR count). The van der Waals surface area contributed by atoms with Crippen molar-refractivity contribution in [1.82, 2.24) is 4.90 Å². The molecule has 1 amide bonds. The van der Waals surface area contributed by atoms with E-state index in [1.807, 2.05) is 29.2 Å². The van der Waals surface area contributed by atoms with Gasteiger partial charge in [-0.25, -0.2) is 0 Å². The van der Waals surface area contributed by atoms with Gasteiger partial charge < -0.3 is 9.64 Å². The number of piperidine rings is 1. The molecule has 1 aliphatic heterocycles. The minimum Gasteiger partial charge on any atom is -0.496 e. The summed E-state index contributed by atoms with van der Waals surface area (Å²) in [5, 5.41) is 11.0. The first-order valence-electron chi connectivity index (χ1n) is 8.28. The van der Waals surface area contributed by atoms with E-state index < -0.39 is 4.92 Å². The van der Waals surface area contributed by atoms with Gasteiger partial charge in [-0.05, 0) is 36.1 Å². The summed E-state index contributed by atoms with van der Waals surface area (Å²) in [5.74, 6) is 0.827. The largest absolute Gasteiger partial charge is 0.496 e. The minimum absolute atomic E-state index is 0.0381. The fraction of sp³-hybridized carbons (Fsp3) is 0.316. The van der Waals surface area contributed by atoms with Crippen molar-refractivity contribution in [3.63, 3.8) is 0 Å². The maximum Gasteiger partial charge on any atom is 0.270 e. The molecule has 130 valence electrons. The summed E-state index contributed by atoms with van der Waals surface area (Å²) in [4.78, 5) is 24.5. The summed E-state index contributed by atoms with van der Waals surface area (Å²) in [6, 6.07) is 12.2. The molecular weight excluding hydrogens is 320 g/mol. The summed E-state index contributed by atoms with van der Waals surface area (Å²) in [6.45, 7) is 1.32. The Morgan fingerprint density at radius 2 is 2.04 bits per heavy atom. The van der Waals surface area contributed by atoms with Crippen molar-refractivity contribution >= 4 is 11.6 Å². The van der Waals surface area contributed by atoms with Crippen LogP contribution in [-0.4, -0.2) is 29.4 Å². The molecule has 1 heterocycles. The van der Waals surface area contributed by atoms with Crippen LogP contribution in [0.1, 0.15) is 24.8 Å². The van der Waals surface area contributed by atoms with E-state index in [1.54, 1.807) is 13.2 Å². The quantitative estimate of drug-likeness (QED) is 0.613. The number of carbonyl (C=O) groups is 1. The fourth-order valence-electron chi connectivity index (χ4n) is 3.12. The van der Waals surface area contributed by atoms with Crippen LogP contribution in [0.5, 0.6) is 5.75 Å². The number of non-ortho nitro benzene ring substituents is 1. The fourth-order valence-corrected chi connectivity index (χ4v) is 3.12. The first kappa shape index (κ1) is 17.0. The number of rotatable bonds is 5. The van der Waals surface area contributed by atoms with E-state index in [1.165, 1.54) is 12.1 Å². The molecule has 2 aromatic carbocycles. The Morgan fingerprint density at radius 1 is 1.20 bits per heavy atom. The van der Waals surface area contributed by atoms with Gasteiger partial charge in [0.1, 0.15) is 5.75 Å². The highest BCUT2D eigenvalue weighted by Crippen LogP contribution is 2.33. The van der Waals surface area contributed by atoms with Crippen LogP contribution in [0.3, 0.4) is 0 Å². The number of nitro groups is 1. The molecule has 0 aromatic heterocycles. The van der Waals surface area contributed by atoms with Crippen molar-refractivity contribution in [1.29, 1.82) is 0 Å². The number of ether oxygens (including phenoxy) is 1. The third-order valence-corrected chi connectivity index (χ3v) is 4.43. The molecular formula is C19H20N2O4. The van der Waals surface area contributed by atoms with Gasteiger partial charge in [0.15, 0.2) is 0 Å². The van der Waals surface area contributed by atoms with Gasteiger partial charge in [0.2, 0.25) is 5.91 Å². The first-order chi connectivity index (χ1) is 12.1. The lowest BCUT2D eigenvalue weighted by molar-refractivity contribution is -0.384. The number of nitrogens with zero attached hydrogens (tertiary/aromatic N) is 2. The van der Waals surface area contributed by atoms with Crippen LogP contribution in [0.4, 0.5) is 5.69 Å². The van der Waals surface area contributed by atoms with Crippen LogP contribution in [-0.2, 0) is 11.3 Å². The molecule has 6 nitrogen and oxygen atoms in total. The first-order valence-corrected chi connectivity index (χ1v) is 8.28. The molecule has 0 spiro atoms. The van der Waals surface area contributed by atoms with E-state index in [2.05, 4.69) is 0 Å². The highest BCUT2D eigenvalue weighted by atomic mass is 16.6. The van der Waals surface area contributed by atoms with Crippen molar-refractivity contribution in [3.8, 4) is 16.9 Å². The highest BCUT2D eigenvalue weighted by Gasteiger charge is 2.19. The zero-order chi connectivity index (χ0) is 17.8. The standard InChI is InChI=1S/C19H20N2O4/c1-25-18-9-8-14(13-20-10-3-2-7-19(20)22)11-17(18)15-5-4-6-16(12-15)21(23)24/h4-6,8-9,11-12H,2-3,7,10,13H2,1H3. The van der Waals surface area contributed by atoms with E-state index in [4.69, 9.17) is 4.74 Å². The van der Waals surface area contributed by atoms with Crippen LogP contribution in [0.2, 0.25) is 0 Å². The number of benzene rings is 2. The number of methoxy groups -OCH3 is 1. The second-order valence-electron chi connectivity index (χ2n) is 6.11. The van der Waals surface area contributed by atoms with Gasteiger partial charge in [0, 0.05) is 37.2 Å². The zero-order valence-electron chi connectivity index (χ0n) is 14.1. The molecule has 0 unspecified atom stereocenters. The summed E-state index contributed by atoms with van der Waals surface area (Å²) in [7, 11) is 1.57.